The number of hydrogen-bond donors (Lipinski definition) is 1. The highest BCUT2D eigenvalue weighted by Crippen LogP contribution is 2.29. The van der Waals surface area contributed by atoms with Gasteiger partial charge in [0.2, 0.25) is 5.91 Å². The molecule has 1 saturated carbocycles. The third kappa shape index (κ3) is 1.86. The fourth-order valence-corrected chi connectivity index (χ4v) is 1.22. The summed E-state index contributed by atoms with van der Waals surface area (Å²) in [5, 5.41) is 2.76. The summed E-state index contributed by atoms with van der Waals surface area (Å²) in [6.45, 7) is 0. The highest BCUT2D eigenvalue weighted by molar-refractivity contribution is 6.01. The van der Waals surface area contributed by atoms with Gasteiger partial charge in [-0.3, -0.25) is 4.79 Å². The van der Waals surface area contributed by atoms with Crippen LogP contribution in [-0.2, 0) is 4.79 Å². The Morgan fingerprint density at radius 2 is 2.23 bits per heavy atom. The largest absolute Gasteiger partial charge is 0.310 e. The minimum absolute atomic E-state index is 0.0324. The molecule has 13 heavy (non-hydrogen) atoms. The maximum Gasteiger partial charge on any atom is 0.232 e. The standard InChI is InChI=1S/C10H11N2O/c13-10(8-4-3-5-8)12-9-6-1-2-7-11-9/h1-2,6-7H,3-5H2,(H,11,12,13). The van der Waals surface area contributed by atoms with Crippen molar-refractivity contribution in [3.63, 3.8) is 0 Å². The number of rotatable bonds is 2. The van der Waals surface area contributed by atoms with Crippen molar-refractivity contribution in [3.05, 3.63) is 30.3 Å². The topological polar surface area (TPSA) is 42.0 Å². The lowest BCUT2D eigenvalue weighted by Crippen LogP contribution is -2.26. The first-order valence-electron chi connectivity index (χ1n) is 4.43. The summed E-state index contributed by atoms with van der Waals surface area (Å²) in [6.07, 6.45) is 4.70. The van der Waals surface area contributed by atoms with Crippen molar-refractivity contribution in [2.75, 3.05) is 5.32 Å². The fraction of sp³-hybridized carbons (Fsp3) is 0.300. The van der Waals surface area contributed by atoms with Crippen LogP contribution in [0.2, 0.25) is 0 Å². The molecule has 1 amide bonds. The van der Waals surface area contributed by atoms with Crippen LogP contribution in [0.25, 0.3) is 0 Å². The monoisotopic (exact) mass is 175 g/mol. The number of aromatic nitrogens is 1. The predicted octanol–water partition coefficient (Wildman–Crippen LogP) is 1.78. The Labute approximate surface area is 77.2 Å². The smallest absolute Gasteiger partial charge is 0.232 e. The zero-order valence-electron chi connectivity index (χ0n) is 7.29. The first-order chi connectivity index (χ1) is 6.36. The molecule has 1 aromatic heterocycles. The van der Waals surface area contributed by atoms with Crippen molar-refractivity contribution >= 4 is 11.7 Å². The number of anilines is 1. The molecule has 67 valence electrons. The lowest BCUT2D eigenvalue weighted by Gasteiger charge is -2.22. The maximum absolute atomic E-state index is 11.4. The molecule has 1 radical (unpaired) electrons. The highest BCUT2D eigenvalue weighted by atomic mass is 16.2. The van der Waals surface area contributed by atoms with Gasteiger partial charge in [-0.1, -0.05) is 12.5 Å². The van der Waals surface area contributed by atoms with E-state index < -0.39 is 0 Å². The van der Waals surface area contributed by atoms with E-state index in [0.29, 0.717) is 5.82 Å². The van der Waals surface area contributed by atoms with Gasteiger partial charge in [0.15, 0.2) is 0 Å². The SMILES string of the molecule is O=C(Nc1ccccn1)[C]1CCC1. The summed E-state index contributed by atoms with van der Waals surface area (Å²) in [4.78, 5) is 15.4. The van der Waals surface area contributed by atoms with E-state index >= 15 is 0 Å². The summed E-state index contributed by atoms with van der Waals surface area (Å²) in [5.41, 5.74) is 0. The molecule has 1 N–H and O–H groups in total. The summed E-state index contributed by atoms with van der Waals surface area (Å²) in [5.74, 6) is 1.66. The van der Waals surface area contributed by atoms with E-state index in [1.54, 1.807) is 12.3 Å². The summed E-state index contributed by atoms with van der Waals surface area (Å²) in [6, 6.07) is 5.47. The van der Waals surface area contributed by atoms with Crippen molar-refractivity contribution < 1.29 is 4.79 Å². The van der Waals surface area contributed by atoms with Gasteiger partial charge in [-0.25, -0.2) is 4.98 Å². The molecule has 0 aromatic carbocycles. The summed E-state index contributed by atoms with van der Waals surface area (Å²) < 4.78 is 0. The third-order valence-corrected chi connectivity index (χ3v) is 2.18. The summed E-state index contributed by atoms with van der Waals surface area (Å²) >= 11 is 0. The molecule has 0 spiro atoms. The Morgan fingerprint density at radius 3 is 2.77 bits per heavy atom. The van der Waals surface area contributed by atoms with E-state index in [2.05, 4.69) is 10.3 Å². The van der Waals surface area contributed by atoms with Crippen LogP contribution in [0.1, 0.15) is 19.3 Å². The lowest BCUT2D eigenvalue weighted by molar-refractivity contribution is -0.115. The molecule has 1 aliphatic rings. The van der Waals surface area contributed by atoms with Crippen molar-refractivity contribution in [3.8, 4) is 0 Å². The van der Waals surface area contributed by atoms with Crippen LogP contribution in [0.4, 0.5) is 5.82 Å². The van der Waals surface area contributed by atoms with Gasteiger partial charge in [-0.2, -0.15) is 0 Å². The van der Waals surface area contributed by atoms with Gasteiger partial charge in [-0.05, 0) is 25.0 Å². The van der Waals surface area contributed by atoms with Gasteiger partial charge in [0, 0.05) is 6.20 Å². The van der Waals surface area contributed by atoms with E-state index in [1.807, 2.05) is 12.1 Å². The zero-order valence-corrected chi connectivity index (χ0v) is 7.29. The number of amides is 1. The second kappa shape index (κ2) is 3.56. The normalized spacial score (nSPS) is 16.3. The Morgan fingerprint density at radius 1 is 1.38 bits per heavy atom. The summed E-state index contributed by atoms with van der Waals surface area (Å²) in [7, 11) is 0. The Bertz CT molecular complexity index is 293. The molecular weight excluding hydrogens is 164 g/mol. The van der Waals surface area contributed by atoms with E-state index in [4.69, 9.17) is 0 Å². The molecule has 0 unspecified atom stereocenters. The fourth-order valence-electron chi connectivity index (χ4n) is 1.22. The van der Waals surface area contributed by atoms with Gasteiger partial charge >= 0.3 is 0 Å². The second-order valence-electron chi connectivity index (χ2n) is 3.13. The quantitative estimate of drug-likeness (QED) is 0.744. The van der Waals surface area contributed by atoms with Crippen LogP contribution in [0.15, 0.2) is 24.4 Å². The number of nitrogens with zero attached hydrogens (tertiary/aromatic N) is 1. The first-order valence-corrected chi connectivity index (χ1v) is 4.43. The van der Waals surface area contributed by atoms with Crippen LogP contribution in [0, 0.1) is 5.92 Å². The van der Waals surface area contributed by atoms with Gasteiger partial charge in [0.25, 0.3) is 0 Å². The molecule has 3 heteroatoms. The van der Waals surface area contributed by atoms with E-state index in [1.165, 1.54) is 0 Å². The minimum Gasteiger partial charge on any atom is -0.310 e. The third-order valence-electron chi connectivity index (χ3n) is 2.18. The van der Waals surface area contributed by atoms with Crippen LogP contribution >= 0.6 is 0 Å². The van der Waals surface area contributed by atoms with E-state index in [9.17, 15) is 4.79 Å². The molecule has 2 rings (SSSR count). The van der Waals surface area contributed by atoms with Crippen molar-refractivity contribution in [1.82, 2.24) is 4.98 Å². The average Bonchev–Trinajstić information content (AvgIpc) is 2.02. The molecule has 0 aliphatic heterocycles. The van der Waals surface area contributed by atoms with Crippen LogP contribution in [0.3, 0.4) is 0 Å². The minimum atomic E-state index is 0.0324. The van der Waals surface area contributed by atoms with Gasteiger partial charge < -0.3 is 5.32 Å². The number of carbonyl (C=O) groups excluding carboxylic acids is 1. The predicted molar refractivity (Wildman–Crippen MR) is 50.0 cm³/mol. The lowest BCUT2D eigenvalue weighted by atomic mass is 9.85. The number of carbonyl (C=O) groups is 1. The Hall–Kier alpha value is -1.38. The maximum atomic E-state index is 11.4. The van der Waals surface area contributed by atoms with E-state index in [-0.39, 0.29) is 5.91 Å². The molecule has 1 aromatic rings. The molecule has 3 nitrogen and oxygen atoms in total. The van der Waals surface area contributed by atoms with Crippen LogP contribution < -0.4 is 5.32 Å². The second-order valence-corrected chi connectivity index (χ2v) is 3.13. The zero-order chi connectivity index (χ0) is 9.10. The Balaban J connectivity index is 1.94. The van der Waals surface area contributed by atoms with Crippen molar-refractivity contribution in [2.24, 2.45) is 0 Å². The number of pyridine rings is 1. The highest BCUT2D eigenvalue weighted by Gasteiger charge is 2.26. The van der Waals surface area contributed by atoms with Gasteiger partial charge in [-0.15, -0.1) is 0 Å². The molecule has 1 heterocycles. The average molecular weight is 175 g/mol. The van der Waals surface area contributed by atoms with Crippen LogP contribution in [0.5, 0.6) is 0 Å². The molecule has 0 bridgehead atoms. The van der Waals surface area contributed by atoms with Gasteiger partial charge in [0.05, 0.1) is 5.92 Å². The Kier molecular flexibility index (Phi) is 2.25. The first kappa shape index (κ1) is 8.23. The molecule has 1 aliphatic carbocycles. The number of hydrogen-bond acceptors (Lipinski definition) is 2. The molecular formula is C10H11N2O. The van der Waals surface area contributed by atoms with Crippen LogP contribution in [-0.4, -0.2) is 10.9 Å². The van der Waals surface area contributed by atoms with E-state index in [0.717, 1.165) is 25.2 Å². The molecule has 0 atom stereocenters. The molecule has 1 fully saturated rings. The van der Waals surface area contributed by atoms with Crippen molar-refractivity contribution in [1.29, 1.82) is 0 Å². The number of nitrogens with one attached hydrogen (secondary N) is 1. The molecule has 0 saturated heterocycles. The van der Waals surface area contributed by atoms with Crippen molar-refractivity contribution in [2.45, 2.75) is 19.3 Å². The van der Waals surface area contributed by atoms with Gasteiger partial charge in [0.1, 0.15) is 5.82 Å².